The molecule has 9 heteroatoms. The summed E-state index contributed by atoms with van der Waals surface area (Å²) in [7, 11) is 0. The van der Waals surface area contributed by atoms with Crippen molar-refractivity contribution in [2.75, 3.05) is 12.4 Å². The third-order valence-corrected chi connectivity index (χ3v) is 6.86. The maximum absolute atomic E-state index is 12.5. The van der Waals surface area contributed by atoms with E-state index in [1.54, 1.807) is 19.1 Å². The molecule has 35 heavy (non-hydrogen) atoms. The Morgan fingerprint density at radius 2 is 1.63 bits per heavy atom. The Kier molecular flexibility index (Phi) is 9.02. The molecule has 7 nitrogen and oxygen atoms in total. The molecule has 3 aromatic carbocycles. The predicted molar refractivity (Wildman–Crippen MR) is 126 cm³/mol. The molecule has 4 rings (SSSR count). The molecular formula is C26H22NNaO6S. The van der Waals surface area contributed by atoms with Crippen LogP contribution >= 0.6 is 11.8 Å². The van der Waals surface area contributed by atoms with E-state index >= 15 is 0 Å². The molecule has 1 amide bonds. The van der Waals surface area contributed by atoms with Crippen LogP contribution in [-0.4, -0.2) is 41.5 Å². The molecule has 3 aromatic rings. The molecule has 0 saturated heterocycles. The van der Waals surface area contributed by atoms with E-state index in [9.17, 15) is 24.6 Å². The molecule has 1 unspecified atom stereocenters. The van der Waals surface area contributed by atoms with Crippen LogP contribution in [0.25, 0.3) is 11.1 Å². The summed E-state index contributed by atoms with van der Waals surface area (Å²) in [4.78, 5) is 35.9. The number of aromatic carboxylic acids is 1. The average Bonchev–Trinajstić information content (AvgIpc) is 3.14. The molecule has 0 bridgehead atoms. The zero-order valence-electron chi connectivity index (χ0n) is 19.3. The summed E-state index contributed by atoms with van der Waals surface area (Å²) in [6.45, 7) is 1.81. The summed E-state index contributed by atoms with van der Waals surface area (Å²) in [5, 5.41) is 23.3. The number of fused-ring (bicyclic) bond motifs is 3. The van der Waals surface area contributed by atoms with E-state index in [0.717, 1.165) is 39.6 Å². The number of aryl methyl sites for hydroxylation is 1. The number of carbonyl (C=O) groups is 3. The topological polar surface area (TPSA) is 116 Å². The number of carboxylic acid groups (broad SMARTS) is 2. The number of hydrogen-bond donors (Lipinski definition) is 2. The van der Waals surface area contributed by atoms with Gasteiger partial charge in [0.25, 0.3) is 0 Å². The fourth-order valence-electron chi connectivity index (χ4n) is 4.06. The molecular weight excluding hydrogens is 477 g/mol. The molecule has 0 heterocycles. The molecule has 0 aromatic heterocycles. The van der Waals surface area contributed by atoms with Gasteiger partial charge in [-0.1, -0.05) is 60.2 Å². The quantitative estimate of drug-likeness (QED) is 0.342. The van der Waals surface area contributed by atoms with E-state index in [4.69, 9.17) is 4.74 Å². The van der Waals surface area contributed by atoms with E-state index in [0.29, 0.717) is 4.90 Å². The van der Waals surface area contributed by atoms with Crippen LogP contribution in [0, 0.1) is 6.92 Å². The summed E-state index contributed by atoms with van der Waals surface area (Å²) in [5.41, 5.74) is 5.01. The van der Waals surface area contributed by atoms with E-state index in [1.807, 2.05) is 48.5 Å². The van der Waals surface area contributed by atoms with Crippen molar-refractivity contribution < 1.29 is 58.9 Å². The van der Waals surface area contributed by atoms with Crippen molar-refractivity contribution in [2.45, 2.75) is 23.8 Å². The second-order valence-corrected chi connectivity index (χ2v) is 9.02. The second-order valence-electron chi connectivity index (χ2n) is 7.96. The Hall–Kier alpha value is -2.78. The number of rotatable bonds is 8. The third-order valence-electron chi connectivity index (χ3n) is 5.69. The van der Waals surface area contributed by atoms with Gasteiger partial charge in [0.05, 0.1) is 5.97 Å². The van der Waals surface area contributed by atoms with Gasteiger partial charge in [0.15, 0.2) is 0 Å². The fraction of sp³-hybridized carbons (Fsp3) is 0.192. The summed E-state index contributed by atoms with van der Waals surface area (Å²) >= 11 is 1.02. The minimum Gasteiger partial charge on any atom is -0.545 e. The smallest absolute Gasteiger partial charge is 0.545 e. The first-order valence-corrected chi connectivity index (χ1v) is 11.6. The Bertz CT molecular complexity index is 1220. The third kappa shape index (κ3) is 6.08. The van der Waals surface area contributed by atoms with Crippen molar-refractivity contribution >= 4 is 29.8 Å². The number of carboxylic acids is 2. The van der Waals surface area contributed by atoms with E-state index in [-0.39, 0.29) is 53.4 Å². The number of nitrogens with one attached hydrogen (secondary N) is 1. The van der Waals surface area contributed by atoms with Gasteiger partial charge in [-0.2, -0.15) is 0 Å². The number of benzene rings is 3. The Balaban J connectivity index is 0.00000342. The van der Waals surface area contributed by atoms with Crippen molar-refractivity contribution in [1.29, 1.82) is 0 Å². The number of ether oxygens (including phenoxy) is 1. The van der Waals surface area contributed by atoms with Crippen molar-refractivity contribution in [1.82, 2.24) is 5.32 Å². The standard InChI is InChI=1S/C26H23NO6S.Na/c1-15-10-11-23(20(12-15)24(28)29)34-14-22(25(30)31)27-26(32)33-13-21-18-8-4-2-6-16(18)17-7-3-5-9-19(17)21;/h2-12,21-22H,13-14H2,1H3,(H,27,32)(H,28,29)(H,30,31);/q;+1/p-1. The van der Waals surface area contributed by atoms with Crippen LogP contribution in [0.3, 0.4) is 0 Å². The molecule has 1 atom stereocenters. The van der Waals surface area contributed by atoms with Gasteiger partial charge in [-0.15, -0.1) is 11.8 Å². The molecule has 0 fully saturated rings. The minimum atomic E-state index is -1.34. The molecule has 0 radical (unpaired) electrons. The van der Waals surface area contributed by atoms with Crippen LogP contribution in [-0.2, 0) is 9.53 Å². The number of hydrogen-bond acceptors (Lipinski definition) is 6. The zero-order valence-corrected chi connectivity index (χ0v) is 22.1. The average molecular weight is 500 g/mol. The monoisotopic (exact) mass is 499 g/mol. The molecule has 174 valence electrons. The van der Waals surface area contributed by atoms with Crippen molar-refractivity contribution in [2.24, 2.45) is 0 Å². The summed E-state index contributed by atoms with van der Waals surface area (Å²) in [6.07, 6.45) is -0.848. The molecule has 0 spiro atoms. The van der Waals surface area contributed by atoms with Gasteiger partial charge in [0.2, 0.25) is 0 Å². The second kappa shape index (κ2) is 11.8. The van der Waals surface area contributed by atoms with Crippen molar-refractivity contribution in [3.05, 3.63) is 89.0 Å². The number of alkyl carbamates (subject to hydrolysis) is 1. The largest absolute Gasteiger partial charge is 1.00 e. The molecule has 0 aliphatic heterocycles. The van der Waals surface area contributed by atoms with Crippen LogP contribution < -0.4 is 40.0 Å². The number of carbonyl (C=O) groups excluding carboxylic acids is 2. The normalized spacial score (nSPS) is 12.6. The first-order valence-electron chi connectivity index (χ1n) is 10.6. The maximum atomic E-state index is 12.5. The summed E-state index contributed by atoms with van der Waals surface area (Å²) in [5.74, 6) is -2.82. The van der Waals surface area contributed by atoms with Gasteiger partial charge in [0.1, 0.15) is 12.6 Å². The van der Waals surface area contributed by atoms with Gasteiger partial charge in [0, 0.05) is 22.1 Å². The van der Waals surface area contributed by atoms with Crippen LogP contribution in [0.4, 0.5) is 4.79 Å². The van der Waals surface area contributed by atoms with Gasteiger partial charge < -0.3 is 25.1 Å². The maximum Gasteiger partial charge on any atom is 1.00 e. The number of amides is 1. The van der Waals surface area contributed by atoms with E-state index < -0.39 is 24.1 Å². The van der Waals surface area contributed by atoms with Gasteiger partial charge >= 0.3 is 41.6 Å². The Morgan fingerprint density at radius 1 is 1.03 bits per heavy atom. The van der Waals surface area contributed by atoms with Crippen molar-refractivity contribution in [3.8, 4) is 11.1 Å². The first-order chi connectivity index (χ1) is 16.3. The first kappa shape index (κ1) is 26.8. The zero-order chi connectivity index (χ0) is 24.2. The summed E-state index contributed by atoms with van der Waals surface area (Å²) in [6, 6.07) is 19.3. The molecule has 2 N–H and O–H groups in total. The van der Waals surface area contributed by atoms with Crippen molar-refractivity contribution in [3.63, 3.8) is 0 Å². The molecule has 0 saturated carbocycles. The Morgan fingerprint density at radius 3 is 2.20 bits per heavy atom. The van der Waals surface area contributed by atoms with Crippen LogP contribution in [0.15, 0.2) is 71.6 Å². The fourth-order valence-corrected chi connectivity index (χ4v) is 5.09. The van der Waals surface area contributed by atoms with Gasteiger partial charge in [-0.05, 0) is 41.3 Å². The van der Waals surface area contributed by atoms with Gasteiger partial charge in [-0.25, -0.2) is 9.59 Å². The minimum absolute atomic E-state index is 0. The van der Waals surface area contributed by atoms with E-state index in [1.165, 1.54) is 6.07 Å². The number of thioether (sulfide) groups is 1. The Labute approximate surface area is 229 Å². The summed E-state index contributed by atoms with van der Waals surface area (Å²) < 4.78 is 5.42. The van der Waals surface area contributed by atoms with E-state index in [2.05, 4.69) is 5.32 Å². The predicted octanol–water partition coefficient (Wildman–Crippen LogP) is 0.447. The number of aliphatic carboxylic acids is 1. The SMILES string of the molecule is Cc1ccc(SCC(NC(=O)OCC2c3ccccc3-c3ccccc32)C(=O)O)c(C(=O)[O-])c1.[Na+]. The van der Waals surface area contributed by atoms with Gasteiger partial charge in [-0.3, -0.25) is 0 Å². The molecule has 1 aliphatic rings. The van der Waals surface area contributed by atoms with Crippen LogP contribution in [0.5, 0.6) is 0 Å². The molecule has 1 aliphatic carbocycles. The van der Waals surface area contributed by atoms with Crippen LogP contribution in [0.1, 0.15) is 33.0 Å². The van der Waals surface area contributed by atoms with Crippen LogP contribution in [0.2, 0.25) is 0 Å².